The predicted octanol–water partition coefficient (Wildman–Crippen LogP) is 0.225. The Morgan fingerprint density at radius 1 is 1.60 bits per heavy atom. The number of carbonyl (C=O) groups is 1. The highest BCUT2D eigenvalue weighted by Gasteiger charge is 2.39. The van der Waals surface area contributed by atoms with E-state index >= 15 is 0 Å². The van der Waals surface area contributed by atoms with Gasteiger partial charge in [-0.05, 0) is 12.8 Å². The molecule has 2 nitrogen and oxygen atoms in total. The maximum absolute atomic E-state index is 12.1. The van der Waals surface area contributed by atoms with Gasteiger partial charge in [0, 0.05) is 5.25 Å². The Morgan fingerprint density at radius 2 is 2.10 bits per heavy atom. The van der Waals surface area contributed by atoms with E-state index < -0.39 is 11.2 Å². The molecule has 0 bridgehead atoms. The number of carboxylic acid groups (broad SMARTS) is 1. The molecule has 0 atom stereocenters. The highest BCUT2D eigenvalue weighted by molar-refractivity contribution is 8.01. The minimum absolute atomic E-state index is 0.173. The van der Waals surface area contributed by atoms with Crippen molar-refractivity contribution in [3.8, 4) is 0 Å². The fourth-order valence-electron chi connectivity index (χ4n) is 0.443. The van der Waals surface area contributed by atoms with Crippen LogP contribution < -0.4 is 5.11 Å². The van der Waals surface area contributed by atoms with Gasteiger partial charge in [0.2, 0.25) is 0 Å². The Balaban J connectivity index is 2.40. The van der Waals surface area contributed by atoms with E-state index in [1.807, 2.05) is 0 Å². The highest BCUT2D eigenvalue weighted by Crippen LogP contribution is 2.43. The monoisotopic (exact) mass is 167 g/mol. The summed E-state index contributed by atoms with van der Waals surface area (Å²) in [5.41, 5.74) is 0. The average Bonchev–Trinajstić information content (AvgIpc) is 2.48. The number of alkyl halides is 2. The second-order valence-electron chi connectivity index (χ2n) is 2.12. The van der Waals surface area contributed by atoms with E-state index in [1.165, 1.54) is 0 Å². The molecule has 1 aliphatic carbocycles. The largest absolute Gasteiger partial charge is 0.543 e. The number of rotatable bonds is 3. The van der Waals surface area contributed by atoms with E-state index in [0.29, 0.717) is 12.8 Å². The van der Waals surface area contributed by atoms with Gasteiger partial charge in [0.25, 0.3) is 0 Å². The third-order valence-corrected chi connectivity index (χ3v) is 2.34. The molecule has 0 amide bonds. The summed E-state index contributed by atoms with van der Waals surface area (Å²) >= 11 is 0.181. The smallest absolute Gasteiger partial charge is 0.333 e. The Bertz CT molecular complexity index is 156. The van der Waals surface area contributed by atoms with Gasteiger partial charge in [-0.3, -0.25) is 0 Å². The van der Waals surface area contributed by atoms with Crippen molar-refractivity contribution in [3.05, 3.63) is 0 Å². The Labute approximate surface area is 60.6 Å². The Kier molecular flexibility index (Phi) is 1.85. The molecular formula is C5H5F2O2S-. The molecule has 5 heteroatoms. The van der Waals surface area contributed by atoms with Crippen LogP contribution in [0.15, 0.2) is 0 Å². The third-order valence-electron chi connectivity index (χ3n) is 1.08. The molecule has 0 aromatic carbocycles. The summed E-state index contributed by atoms with van der Waals surface area (Å²) in [5.74, 6) is -2.29. The summed E-state index contributed by atoms with van der Waals surface area (Å²) in [6.07, 6.45) is 1.38. The SMILES string of the molecule is O=C([O-])C(F)(F)SC1CC1. The normalized spacial score (nSPS) is 19.0. The zero-order valence-corrected chi connectivity index (χ0v) is 5.79. The molecule has 0 N–H and O–H groups in total. The van der Waals surface area contributed by atoms with Crippen molar-refractivity contribution >= 4 is 17.7 Å². The van der Waals surface area contributed by atoms with Crippen LogP contribution in [0.4, 0.5) is 8.78 Å². The Hall–Kier alpha value is -0.320. The molecule has 0 aromatic heterocycles. The number of aliphatic carboxylic acids is 1. The predicted molar refractivity (Wildman–Crippen MR) is 30.6 cm³/mol. The molecule has 1 rings (SSSR count). The zero-order chi connectivity index (χ0) is 7.78. The van der Waals surface area contributed by atoms with Crippen molar-refractivity contribution in [3.63, 3.8) is 0 Å². The lowest BCUT2D eigenvalue weighted by molar-refractivity contribution is -0.320. The molecule has 0 aromatic rings. The highest BCUT2D eigenvalue weighted by atomic mass is 32.2. The van der Waals surface area contributed by atoms with Crippen molar-refractivity contribution in [2.45, 2.75) is 23.3 Å². The molecule has 0 saturated heterocycles. The van der Waals surface area contributed by atoms with E-state index in [9.17, 15) is 18.7 Å². The van der Waals surface area contributed by atoms with Crippen molar-refractivity contribution in [2.75, 3.05) is 0 Å². The second kappa shape index (κ2) is 2.38. The summed E-state index contributed by atoms with van der Waals surface area (Å²) < 4.78 is 24.3. The third kappa shape index (κ3) is 1.83. The molecule has 0 heterocycles. The fraction of sp³-hybridized carbons (Fsp3) is 0.800. The second-order valence-corrected chi connectivity index (χ2v) is 3.54. The molecule has 1 fully saturated rings. The van der Waals surface area contributed by atoms with Gasteiger partial charge in [-0.2, -0.15) is 8.78 Å². The Morgan fingerprint density at radius 3 is 2.40 bits per heavy atom. The number of halogens is 2. The molecular weight excluding hydrogens is 162 g/mol. The molecule has 10 heavy (non-hydrogen) atoms. The van der Waals surface area contributed by atoms with Crippen LogP contribution in [-0.2, 0) is 4.79 Å². The first-order chi connectivity index (χ1) is 4.52. The van der Waals surface area contributed by atoms with Crippen LogP contribution >= 0.6 is 11.8 Å². The van der Waals surface area contributed by atoms with E-state index in [4.69, 9.17) is 0 Å². The van der Waals surface area contributed by atoms with Crippen molar-refractivity contribution in [1.82, 2.24) is 0 Å². The van der Waals surface area contributed by atoms with Crippen molar-refractivity contribution in [1.29, 1.82) is 0 Å². The fourth-order valence-corrected chi connectivity index (χ4v) is 1.33. The van der Waals surface area contributed by atoms with Crippen LogP contribution in [0.2, 0.25) is 0 Å². The summed E-state index contributed by atoms with van der Waals surface area (Å²) in [5, 5.41) is 5.84. The van der Waals surface area contributed by atoms with E-state index in [1.54, 1.807) is 0 Å². The van der Waals surface area contributed by atoms with Crippen LogP contribution in [-0.4, -0.2) is 16.5 Å². The maximum Gasteiger partial charge on any atom is 0.333 e. The van der Waals surface area contributed by atoms with Gasteiger partial charge < -0.3 is 9.90 Å². The number of hydrogen-bond donors (Lipinski definition) is 0. The summed E-state index contributed by atoms with van der Waals surface area (Å²) in [6.45, 7) is 0. The first kappa shape index (κ1) is 7.78. The summed E-state index contributed by atoms with van der Waals surface area (Å²) in [7, 11) is 0. The van der Waals surface area contributed by atoms with Crippen LogP contribution in [0.1, 0.15) is 12.8 Å². The molecule has 0 aliphatic heterocycles. The van der Waals surface area contributed by atoms with Crippen molar-refractivity contribution < 1.29 is 18.7 Å². The van der Waals surface area contributed by atoms with Crippen molar-refractivity contribution in [2.24, 2.45) is 0 Å². The average molecular weight is 167 g/mol. The summed E-state index contributed by atoms with van der Waals surface area (Å²) in [6, 6.07) is 0. The van der Waals surface area contributed by atoms with E-state index in [2.05, 4.69) is 0 Å². The van der Waals surface area contributed by atoms with Crippen LogP contribution in [0.25, 0.3) is 0 Å². The molecule has 0 spiro atoms. The van der Waals surface area contributed by atoms with Gasteiger partial charge in [0.1, 0.15) is 5.97 Å². The quantitative estimate of drug-likeness (QED) is 0.603. The van der Waals surface area contributed by atoms with Gasteiger partial charge in [-0.1, -0.05) is 11.8 Å². The molecule has 1 saturated carbocycles. The lowest BCUT2D eigenvalue weighted by Gasteiger charge is -2.15. The van der Waals surface area contributed by atoms with Gasteiger partial charge in [-0.15, -0.1) is 0 Å². The molecule has 0 radical (unpaired) electrons. The van der Waals surface area contributed by atoms with Crippen LogP contribution in [0.3, 0.4) is 0 Å². The minimum atomic E-state index is -3.69. The topological polar surface area (TPSA) is 40.1 Å². The van der Waals surface area contributed by atoms with Gasteiger partial charge >= 0.3 is 5.25 Å². The number of carbonyl (C=O) groups excluding carboxylic acids is 1. The maximum atomic E-state index is 12.1. The van der Waals surface area contributed by atoms with E-state index in [-0.39, 0.29) is 17.0 Å². The number of thioether (sulfide) groups is 1. The van der Waals surface area contributed by atoms with Crippen LogP contribution in [0, 0.1) is 0 Å². The lowest BCUT2D eigenvalue weighted by atomic mass is 10.7. The minimum Gasteiger partial charge on any atom is -0.543 e. The van der Waals surface area contributed by atoms with Gasteiger partial charge in [0.05, 0.1) is 0 Å². The van der Waals surface area contributed by atoms with Crippen LogP contribution in [0.5, 0.6) is 0 Å². The summed E-state index contributed by atoms with van der Waals surface area (Å²) in [4.78, 5) is 9.70. The van der Waals surface area contributed by atoms with E-state index in [0.717, 1.165) is 0 Å². The lowest BCUT2D eigenvalue weighted by Crippen LogP contribution is -2.39. The van der Waals surface area contributed by atoms with Gasteiger partial charge in [-0.25, -0.2) is 0 Å². The number of hydrogen-bond acceptors (Lipinski definition) is 3. The molecule has 0 unspecified atom stereocenters. The molecule has 58 valence electrons. The number of carboxylic acids is 1. The van der Waals surface area contributed by atoms with Gasteiger partial charge in [0.15, 0.2) is 0 Å². The standard InChI is InChI=1S/C5H6F2O2S/c6-5(7,4(8)9)10-3-1-2-3/h3H,1-2H2,(H,8,9)/p-1. The first-order valence-corrected chi connectivity index (χ1v) is 3.67. The zero-order valence-electron chi connectivity index (χ0n) is 4.97. The molecule has 1 aliphatic rings. The first-order valence-electron chi connectivity index (χ1n) is 2.79.